The largest absolute Gasteiger partial charge is 0.310 e. The summed E-state index contributed by atoms with van der Waals surface area (Å²) in [7, 11) is 0. The highest BCUT2D eigenvalue weighted by atomic mass is 15.1. The summed E-state index contributed by atoms with van der Waals surface area (Å²) in [6.07, 6.45) is 0. The smallest absolute Gasteiger partial charge is 0.0543 e. The van der Waals surface area contributed by atoms with Crippen LogP contribution in [0.2, 0.25) is 0 Å². The minimum atomic E-state index is -0.118. The average Bonchev–Trinajstić information content (AvgIpc) is 3.83. The van der Waals surface area contributed by atoms with Gasteiger partial charge in [0, 0.05) is 43.9 Å². The topological polar surface area (TPSA) is 8.17 Å². The summed E-state index contributed by atoms with van der Waals surface area (Å²) < 4.78 is 2.44. The van der Waals surface area contributed by atoms with Crippen molar-refractivity contribution in [2.45, 2.75) is 38.5 Å². The van der Waals surface area contributed by atoms with Crippen molar-refractivity contribution in [2.24, 2.45) is 0 Å². The number of hydrogen-bond acceptors (Lipinski definition) is 1. The lowest BCUT2D eigenvalue weighted by Crippen LogP contribution is -2.16. The van der Waals surface area contributed by atoms with E-state index in [-0.39, 0.29) is 10.8 Å². The van der Waals surface area contributed by atoms with Gasteiger partial charge in [0.25, 0.3) is 0 Å². The van der Waals surface area contributed by atoms with Gasteiger partial charge in [-0.3, -0.25) is 0 Å². The van der Waals surface area contributed by atoms with Crippen LogP contribution >= 0.6 is 0 Å². The third kappa shape index (κ3) is 4.82. The second-order valence-electron chi connectivity index (χ2n) is 17.7. The molecular formula is C58H44N2. The summed E-state index contributed by atoms with van der Waals surface area (Å²) in [4.78, 5) is 2.52. The van der Waals surface area contributed by atoms with Gasteiger partial charge in [-0.2, -0.15) is 0 Å². The molecule has 0 amide bonds. The number of nitrogens with zero attached hydrogens (tertiary/aromatic N) is 2. The highest BCUT2D eigenvalue weighted by Crippen LogP contribution is 2.56. The molecule has 2 nitrogen and oxygen atoms in total. The SMILES string of the molecule is CC1(C)c2ccccc2-c2cc(N(c3cccc(-c4ccc(-n5c6ccccc6c6ccccc65)c5ccccc45)c3)c3cccc4c3-c3ccccc3C4(C)C)ccc21. The minimum absolute atomic E-state index is 0.0708. The lowest BCUT2D eigenvalue weighted by Gasteiger charge is -2.30. The standard InChI is InChI=1S/C58H44N2/c1-57(2)48-25-11-7-20-42(48)47-36-39(31-33-50(47)57)59(55-30-16-27-51-56(55)46-24-8-12-26-49(46)58(51,3)4)38-18-15-17-37(35-38)40-32-34-54(43-21-6-5-19-41(40)43)60-52-28-13-9-22-44(52)45-23-10-14-29-53(45)60/h5-36H,1-4H3. The maximum Gasteiger partial charge on any atom is 0.0543 e. The van der Waals surface area contributed by atoms with Gasteiger partial charge in [-0.05, 0) is 104 Å². The average molecular weight is 769 g/mol. The molecule has 0 N–H and O–H groups in total. The monoisotopic (exact) mass is 768 g/mol. The first kappa shape index (κ1) is 34.8. The van der Waals surface area contributed by atoms with Crippen LogP contribution in [-0.4, -0.2) is 4.57 Å². The second kappa shape index (κ2) is 12.7. The van der Waals surface area contributed by atoms with Crippen LogP contribution < -0.4 is 4.90 Å². The van der Waals surface area contributed by atoms with Crippen LogP contribution in [0.25, 0.3) is 71.6 Å². The number of para-hydroxylation sites is 2. The Balaban J connectivity index is 1.08. The Morgan fingerprint density at radius 2 is 0.917 bits per heavy atom. The molecule has 9 aromatic carbocycles. The van der Waals surface area contributed by atoms with Crippen molar-refractivity contribution in [1.29, 1.82) is 0 Å². The van der Waals surface area contributed by atoms with Crippen molar-refractivity contribution in [2.75, 3.05) is 4.90 Å². The lowest BCUT2D eigenvalue weighted by atomic mass is 9.82. The van der Waals surface area contributed by atoms with Crippen LogP contribution in [0, 0.1) is 0 Å². The van der Waals surface area contributed by atoms with E-state index in [1.807, 2.05) is 0 Å². The Labute approximate surface area is 351 Å². The molecule has 0 bridgehead atoms. The highest BCUT2D eigenvalue weighted by molar-refractivity contribution is 6.11. The summed E-state index contributed by atoms with van der Waals surface area (Å²) in [5.74, 6) is 0. The maximum atomic E-state index is 2.52. The molecule has 60 heavy (non-hydrogen) atoms. The number of benzene rings is 9. The molecule has 0 atom stereocenters. The van der Waals surface area contributed by atoms with E-state index < -0.39 is 0 Å². The molecule has 2 aliphatic rings. The van der Waals surface area contributed by atoms with E-state index in [0.29, 0.717) is 0 Å². The van der Waals surface area contributed by atoms with E-state index in [1.54, 1.807) is 0 Å². The Morgan fingerprint density at radius 1 is 0.367 bits per heavy atom. The molecule has 10 aromatic rings. The van der Waals surface area contributed by atoms with E-state index in [0.717, 1.165) is 11.4 Å². The predicted octanol–water partition coefficient (Wildman–Crippen LogP) is 15.7. The number of anilines is 3. The molecular weight excluding hydrogens is 725 g/mol. The van der Waals surface area contributed by atoms with Crippen LogP contribution in [0.4, 0.5) is 17.1 Å². The van der Waals surface area contributed by atoms with Gasteiger partial charge in [-0.1, -0.05) is 173 Å². The summed E-state index contributed by atoms with van der Waals surface area (Å²) in [5.41, 5.74) is 20.1. The number of aromatic nitrogens is 1. The zero-order valence-corrected chi connectivity index (χ0v) is 34.4. The van der Waals surface area contributed by atoms with Crippen molar-refractivity contribution < 1.29 is 0 Å². The van der Waals surface area contributed by atoms with E-state index in [9.17, 15) is 0 Å². The van der Waals surface area contributed by atoms with E-state index in [4.69, 9.17) is 0 Å². The fourth-order valence-corrected chi connectivity index (χ4v) is 10.9. The summed E-state index contributed by atoms with van der Waals surface area (Å²) >= 11 is 0. The first-order valence-corrected chi connectivity index (χ1v) is 21.2. The Kier molecular flexibility index (Phi) is 7.36. The lowest BCUT2D eigenvalue weighted by molar-refractivity contribution is 0.660. The normalized spacial score (nSPS) is 14.3. The van der Waals surface area contributed by atoms with Crippen LogP contribution in [0.1, 0.15) is 49.9 Å². The van der Waals surface area contributed by atoms with Crippen molar-refractivity contribution in [3.63, 3.8) is 0 Å². The molecule has 1 aromatic heterocycles. The minimum Gasteiger partial charge on any atom is -0.310 e. The number of fused-ring (bicyclic) bond motifs is 10. The van der Waals surface area contributed by atoms with Gasteiger partial charge < -0.3 is 9.47 Å². The quantitative estimate of drug-likeness (QED) is 0.169. The molecule has 0 radical (unpaired) electrons. The van der Waals surface area contributed by atoms with Crippen molar-refractivity contribution >= 4 is 49.6 Å². The fraction of sp³-hybridized carbons (Fsp3) is 0.103. The Bertz CT molecular complexity index is 3340. The van der Waals surface area contributed by atoms with Crippen LogP contribution in [-0.2, 0) is 10.8 Å². The molecule has 12 rings (SSSR count). The molecule has 0 unspecified atom stereocenters. The van der Waals surface area contributed by atoms with Gasteiger partial charge in [0.2, 0.25) is 0 Å². The molecule has 286 valence electrons. The Hall–Kier alpha value is -7.16. The van der Waals surface area contributed by atoms with Gasteiger partial charge >= 0.3 is 0 Å². The van der Waals surface area contributed by atoms with Crippen molar-refractivity contribution in [1.82, 2.24) is 4.57 Å². The number of hydrogen-bond donors (Lipinski definition) is 0. The fourth-order valence-electron chi connectivity index (χ4n) is 10.9. The predicted molar refractivity (Wildman–Crippen MR) is 254 cm³/mol. The first-order valence-electron chi connectivity index (χ1n) is 21.2. The van der Waals surface area contributed by atoms with E-state index in [1.165, 1.54) is 99.6 Å². The van der Waals surface area contributed by atoms with Gasteiger partial charge in [-0.25, -0.2) is 0 Å². The van der Waals surface area contributed by atoms with Gasteiger partial charge in [0.05, 0.1) is 22.4 Å². The van der Waals surface area contributed by atoms with E-state index in [2.05, 4.69) is 231 Å². The van der Waals surface area contributed by atoms with Crippen LogP contribution in [0.5, 0.6) is 0 Å². The highest BCUT2D eigenvalue weighted by Gasteiger charge is 2.39. The molecule has 0 aliphatic heterocycles. The van der Waals surface area contributed by atoms with Crippen LogP contribution in [0.15, 0.2) is 194 Å². The molecule has 0 saturated carbocycles. The van der Waals surface area contributed by atoms with Crippen molar-refractivity contribution in [3.05, 3.63) is 216 Å². The molecule has 0 saturated heterocycles. The summed E-state index contributed by atoms with van der Waals surface area (Å²) in [6.45, 7) is 9.46. The third-order valence-corrected chi connectivity index (χ3v) is 13.8. The number of rotatable bonds is 5. The maximum absolute atomic E-state index is 2.52. The zero-order valence-electron chi connectivity index (χ0n) is 34.4. The molecule has 2 heteroatoms. The van der Waals surface area contributed by atoms with Crippen molar-refractivity contribution in [3.8, 4) is 39.1 Å². The third-order valence-electron chi connectivity index (χ3n) is 13.8. The van der Waals surface area contributed by atoms with E-state index >= 15 is 0 Å². The van der Waals surface area contributed by atoms with Gasteiger partial charge in [0.1, 0.15) is 0 Å². The van der Waals surface area contributed by atoms with Gasteiger partial charge in [0.15, 0.2) is 0 Å². The zero-order chi connectivity index (χ0) is 40.3. The Morgan fingerprint density at radius 3 is 1.67 bits per heavy atom. The molecule has 0 fully saturated rings. The molecule has 1 heterocycles. The van der Waals surface area contributed by atoms with Gasteiger partial charge in [-0.15, -0.1) is 0 Å². The summed E-state index contributed by atoms with van der Waals surface area (Å²) in [6, 6.07) is 72.3. The van der Waals surface area contributed by atoms with Crippen LogP contribution in [0.3, 0.4) is 0 Å². The molecule has 2 aliphatic carbocycles. The second-order valence-corrected chi connectivity index (χ2v) is 17.7. The molecule has 0 spiro atoms. The summed E-state index contributed by atoms with van der Waals surface area (Å²) in [5, 5.41) is 4.99. The first-order chi connectivity index (χ1) is 29.3.